The van der Waals surface area contributed by atoms with E-state index in [1.165, 1.54) is 53.0 Å². The van der Waals surface area contributed by atoms with Crippen molar-refractivity contribution in [3.05, 3.63) is 95.1 Å². The van der Waals surface area contributed by atoms with Crippen molar-refractivity contribution in [2.24, 2.45) is 10.2 Å². The maximum Gasteiger partial charge on any atom is 0.343 e. The zero-order valence-electron chi connectivity index (χ0n) is 35.2. The van der Waals surface area contributed by atoms with Crippen LogP contribution in [0.25, 0.3) is 0 Å². The molecule has 0 unspecified atom stereocenters. The van der Waals surface area contributed by atoms with Crippen LogP contribution in [0.1, 0.15) is 90.6 Å². The van der Waals surface area contributed by atoms with Crippen molar-refractivity contribution in [1.29, 1.82) is 0 Å². The van der Waals surface area contributed by atoms with Crippen LogP contribution in [0, 0.1) is 0 Å². The molecule has 4 rings (SSSR count). The number of ether oxygens (including phenoxy) is 8. The normalized spacial score (nSPS) is 10.9. The first-order valence-electron chi connectivity index (χ1n) is 19.7. The zero-order chi connectivity index (χ0) is 44.0. The van der Waals surface area contributed by atoms with E-state index in [4.69, 9.17) is 37.9 Å². The minimum absolute atomic E-state index is 0.224. The largest absolute Gasteiger partial charge is 0.493 e. The lowest BCUT2D eigenvalue weighted by Gasteiger charge is -2.12. The molecule has 0 spiro atoms. The summed E-state index contributed by atoms with van der Waals surface area (Å²) in [6, 6.07) is 19.3. The van der Waals surface area contributed by atoms with Gasteiger partial charge in [-0.05, 0) is 111 Å². The summed E-state index contributed by atoms with van der Waals surface area (Å²) in [5, 5.41) is 8.11. The Morgan fingerprint density at radius 2 is 0.852 bits per heavy atom. The molecule has 0 saturated carbocycles. The molecule has 0 aliphatic heterocycles. The topological polar surface area (TPSA) is 191 Å². The van der Waals surface area contributed by atoms with Crippen LogP contribution in [0.3, 0.4) is 0 Å². The Morgan fingerprint density at radius 3 is 1.23 bits per heavy atom. The summed E-state index contributed by atoms with van der Waals surface area (Å²) in [5.41, 5.74) is 6.87. The molecule has 0 atom stereocenters. The third-order valence-corrected chi connectivity index (χ3v) is 8.79. The summed E-state index contributed by atoms with van der Waals surface area (Å²) in [4.78, 5) is 50.4. The highest BCUT2D eigenvalue weighted by molar-refractivity contribution is 5.93. The Hall–Kier alpha value is -7.10. The fourth-order valence-corrected chi connectivity index (χ4v) is 5.73. The maximum atomic E-state index is 12.8. The molecule has 4 aromatic carbocycles. The molecule has 0 radical (unpaired) electrons. The van der Waals surface area contributed by atoms with Gasteiger partial charge >= 0.3 is 11.9 Å². The lowest BCUT2D eigenvalue weighted by molar-refractivity contribution is -0.121. The number of amides is 2. The molecule has 16 heteroatoms. The van der Waals surface area contributed by atoms with Crippen LogP contribution >= 0.6 is 0 Å². The minimum atomic E-state index is -0.600. The monoisotopic (exact) mass is 840 g/mol. The van der Waals surface area contributed by atoms with E-state index in [-0.39, 0.29) is 34.4 Å². The molecular formula is C45H52N4O12. The van der Waals surface area contributed by atoms with Crippen LogP contribution in [-0.2, 0) is 9.59 Å². The van der Waals surface area contributed by atoms with Gasteiger partial charge < -0.3 is 37.9 Å². The Kier molecular flexibility index (Phi) is 18.9. The van der Waals surface area contributed by atoms with Crippen molar-refractivity contribution >= 4 is 36.2 Å². The number of methoxy groups -OCH3 is 4. The zero-order valence-corrected chi connectivity index (χ0v) is 35.2. The van der Waals surface area contributed by atoms with Gasteiger partial charge in [0.15, 0.2) is 46.0 Å². The molecule has 2 amide bonds. The van der Waals surface area contributed by atoms with Crippen molar-refractivity contribution in [3.8, 4) is 46.0 Å². The SMILES string of the molecule is CCOc1cc(/C=N/NC(=O)CCCCCCCC(=O)N/N=C/c2ccc(OC(=O)c3ccc(OC)c(OC)c3)c(OCC)c2)ccc1OC(=O)c1ccc(OC)c(OC)c1. The van der Waals surface area contributed by atoms with Gasteiger partial charge in [0.25, 0.3) is 0 Å². The van der Waals surface area contributed by atoms with E-state index in [2.05, 4.69) is 21.1 Å². The molecule has 324 valence electrons. The molecule has 0 saturated heterocycles. The van der Waals surface area contributed by atoms with Crippen molar-refractivity contribution in [2.45, 2.75) is 58.8 Å². The van der Waals surface area contributed by atoms with Gasteiger partial charge in [-0.2, -0.15) is 10.2 Å². The Morgan fingerprint density at radius 1 is 0.475 bits per heavy atom. The number of rotatable bonds is 24. The van der Waals surface area contributed by atoms with E-state index in [0.717, 1.165) is 19.3 Å². The number of unbranched alkanes of at least 4 members (excludes halogenated alkanes) is 4. The summed E-state index contributed by atoms with van der Waals surface area (Å²) in [6.45, 7) is 4.29. The molecule has 0 aliphatic carbocycles. The van der Waals surface area contributed by atoms with Crippen molar-refractivity contribution in [3.63, 3.8) is 0 Å². The predicted octanol–water partition coefficient (Wildman–Crippen LogP) is 7.29. The summed E-state index contributed by atoms with van der Waals surface area (Å²) >= 11 is 0. The molecule has 0 heterocycles. The summed E-state index contributed by atoms with van der Waals surface area (Å²) < 4.78 is 43.6. The smallest absolute Gasteiger partial charge is 0.343 e. The van der Waals surface area contributed by atoms with Crippen LogP contribution in [-0.4, -0.2) is 77.8 Å². The van der Waals surface area contributed by atoms with E-state index in [1.807, 2.05) is 13.8 Å². The molecule has 0 bridgehead atoms. The molecule has 61 heavy (non-hydrogen) atoms. The lowest BCUT2D eigenvalue weighted by atomic mass is 10.1. The number of hydrogen-bond donors (Lipinski definition) is 2. The second-order valence-corrected chi connectivity index (χ2v) is 13.1. The van der Waals surface area contributed by atoms with Crippen molar-refractivity contribution < 1.29 is 57.1 Å². The average Bonchev–Trinajstić information content (AvgIpc) is 3.27. The quantitative estimate of drug-likeness (QED) is 0.0236. The van der Waals surface area contributed by atoms with E-state index < -0.39 is 11.9 Å². The fraction of sp³-hybridized carbons (Fsp3) is 0.333. The lowest BCUT2D eigenvalue weighted by Crippen LogP contribution is -2.17. The first-order valence-corrected chi connectivity index (χ1v) is 19.7. The first-order chi connectivity index (χ1) is 29.6. The van der Waals surface area contributed by atoms with E-state index in [0.29, 0.717) is 84.5 Å². The van der Waals surface area contributed by atoms with E-state index in [1.54, 1.807) is 60.7 Å². The number of hydrazone groups is 2. The van der Waals surface area contributed by atoms with Gasteiger partial charge in [0, 0.05) is 12.8 Å². The number of carbonyl (C=O) groups is 4. The summed E-state index contributed by atoms with van der Waals surface area (Å²) in [7, 11) is 5.97. The summed E-state index contributed by atoms with van der Waals surface area (Å²) in [5.74, 6) is 1.25. The van der Waals surface area contributed by atoms with E-state index >= 15 is 0 Å². The third kappa shape index (κ3) is 14.6. The number of nitrogens with zero attached hydrogens (tertiary/aromatic N) is 2. The molecule has 4 aromatic rings. The third-order valence-electron chi connectivity index (χ3n) is 8.79. The molecule has 2 N–H and O–H groups in total. The second kappa shape index (κ2) is 24.7. The van der Waals surface area contributed by atoms with Crippen molar-refractivity contribution in [1.82, 2.24) is 10.9 Å². The van der Waals surface area contributed by atoms with Gasteiger partial charge in [-0.25, -0.2) is 20.4 Å². The fourth-order valence-electron chi connectivity index (χ4n) is 5.73. The Bertz CT molecular complexity index is 2020. The number of benzene rings is 4. The number of esters is 2. The van der Waals surface area contributed by atoms with Gasteiger partial charge in [0.2, 0.25) is 11.8 Å². The minimum Gasteiger partial charge on any atom is -0.493 e. The number of nitrogens with one attached hydrogen (secondary N) is 2. The van der Waals surface area contributed by atoms with Crippen LogP contribution in [0.15, 0.2) is 83.0 Å². The van der Waals surface area contributed by atoms with Gasteiger partial charge in [0.1, 0.15) is 0 Å². The molecular weight excluding hydrogens is 789 g/mol. The number of hydrogen-bond acceptors (Lipinski definition) is 14. The van der Waals surface area contributed by atoms with Gasteiger partial charge in [-0.1, -0.05) is 19.3 Å². The van der Waals surface area contributed by atoms with Crippen molar-refractivity contribution in [2.75, 3.05) is 41.7 Å². The number of carbonyl (C=O) groups excluding carboxylic acids is 4. The molecule has 0 aliphatic rings. The standard InChI is InChI=1S/C45H52N4O12/c1-7-58-40-24-30(16-20-36(40)60-44(52)32-18-22-34(54-3)38(26-32)56-5)28-46-48-42(50)14-12-10-9-11-13-15-43(51)49-47-29-31-17-21-37(41(25-31)59-8-2)61-45(53)33-19-23-35(55-4)39(27-33)57-6/h16-29H,7-15H2,1-6H3,(H,48,50)(H,49,51)/b46-28+,47-29+. The van der Waals surface area contributed by atoms with Crippen LogP contribution in [0.4, 0.5) is 0 Å². The molecule has 0 fully saturated rings. The van der Waals surface area contributed by atoms with Crippen LogP contribution in [0.5, 0.6) is 46.0 Å². The van der Waals surface area contributed by atoms with Crippen LogP contribution in [0.2, 0.25) is 0 Å². The van der Waals surface area contributed by atoms with Crippen LogP contribution < -0.4 is 48.7 Å². The highest BCUT2D eigenvalue weighted by Gasteiger charge is 2.18. The predicted molar refractivity (Wildman–Crippen MR) is 228 cm³/mol. The second-order valence-electron chi connectivity index (χ2n) is 13.1. The first kappa shape index (κ1) is 46.6. The highest BCUT2D eigenvalue weighted by atomic mass is 16.6. The average molecular weight is 841 g/mol. The Balaban J connectivity index is 1.13. The van der Waals surface area contributed by atoms with Gasteiger partial charge in [0.05, 0.1) is 65.2 Å². The van der Waals surface area contributed by atoms with Gasteiger partial charge in [-0.15, -0.1) is 0 Å². The van der Waals surface area contributed by atoms with E-state index in [9.17, 15) is 19.2 Å². The Labute approximate surface area is 355 Å². The van der Waals surface area contributed by atoms with Gasteiger partial charge in [-0.3, -0.25) is 9.59 Å². The molecule has 0 aromatic heterocycles. The summed E-state index contributed by atoms with van der Waals surface area (Å²) in [6.07, 6.45) is 7.40. The maximum absolute atomic E-state index is 12.8. The molecule has 16 nitrogen and oxygen atoms in total. The highest BCUT2D eigenvalue weighted by Crippen LogP contribution is 2.33.